The van der Waals surface area contributed by atoms with Gasteiger partial charge in [0.1, 0.15) is 17.9 Å². The highest BCUT2D eigenvalue weighted by molar-refractivity contribution is 6.07. The van der Waals surface area contributed by atoms with Crippen molar-refractivity contribution in [1.29, 1.82) is 0 Å². The lowest BCUT2D eigenvalue weighted by Gasteiger charge is -2.09. The number of aromatic nitrogens is 1. The lowest BCUT2D eigenvalue weighted by atomic mass is 10.0. The molecule has 0 aliphatic rings. The predicted octanol–water partition coefficient (Wildman–Crippen LogP) is 4.37. The van der Waals surface area contributed by atoms with Gasteiger partial charge in [-0.25, -0.2) is 4.79 Å². The maximum Gasteiger partial charge on any atom is 0.336 e. The lowest BCUT2D eigenvalue weighted by molar-refractivity contribution is -0.144. The number of para-hydroxylation sites is 1. The smallest absolute Gasteiger partial charge is 0.336 e. The Bertz CT molecular complexity index is 1430. The predicted molar refractivity (Wildman–Crippen MR) is 107 cm³/mol. The summed E-state index contributed by atoms with van der Waals surface area (Å²) in [6.07, 6.45) is -0.0167. The molecule has 29 heavy (non-hydrogen) atoms. The van der Waals surface area contributed by atoms with Crippen LogP contribution in [0.5, 0.6) is 0 Å². The summed E-state index contributed by atoms with van der Waals surface area (Å²) in [4.78, 5) is 24.4. The lowest BCUT2D eigenvalue weighted by Crippen LogP contribution is -2.10. The zero-order valence-electron chi connectivity index (χ0n) is 15.3. The molecular weight excluding hydrogens is 370 g/mol. The molecule has 3 aromatic carbocycles. The molecule has 0 radical (unpaired) electrons. The van der Waals surface area contributed by atoms with Gasteiger partial charge in [0, 0.05) is 22.4 Å². The number of hydrogen-bond acceptors (Lipinski definition) is 6. The molecule has 0 amide bonds. The molecule has 5 aromatic rings. The van der Waals surface area contributed by atoms with Crippen LogP contribution in [0.1, 0.15) is 11.3 Å². The third-order valence-corrected chi connectivity index (χ3v) is 4.87. The van der Waals surface area contributed by atoms with E-state index in [9.17, 15) is 9.59 Å². The van der Waals surface area contributed by atoms with Gasteiger partial charge in [-0.1, -0.05) is 47.6 Å². The minimum Gasteiger partial charge on any atom is -0.460 e. The highest BCUT2D eigenvalue weighted by Gasteiger charge is 2.15. The Labute approximate surface area is 164 Å². The Kier molecular flexibility index (Phi) is 4.09. The fourth-order valence-electron chi connectivity index (χ4n) is 3.55. The van der Waals surface area contributed by atoms with E-state index in [-0.39, 0.29) is 13.0 Å². The molecule has 0 bridgehead atoms. The summed E-state index contributed by atoms with van der Waals surface area (Å²) in [6.45, 7) is -0.0370. The third kappa shape index (κ3) is 3.14. The number of benzene rings is 3. The molecular formula is C23H15NO5. The summed E-state index contributed by atoms with van der Waals surface area (Å²) >= 11 is 0. The molecule has 0 fully saturated rings. The zero-order chi connectivity index (χ0) is 19.8. The largest absolute Gasteiger partial charge is 0.460 e. The van der Waals surface area contributed by atoms with Crippen LogP contribution in [-0.4, -0.2) is 11.1 Å². The first-order valence-electron chi connectivity index (χ1n) is 9.12. The SMILES string of the molecule is O=C(Cc1noc2ccccc12)OCc1cc(=O)oc2ccc3ccccc3c12. The second-order valence-electron chi connectivity index (χ2n) is 6.71. The minimum absolute atomic E-state index is 0.0167. The summed E-state index contributed by atoms with van der Waals surface area (Å²) in [5.41, 5.74) is 1.72. The van der Waals surface area contributed by atoms with Crippen LogP contribution in [0.15, 0.2) is 80.5 Å². The van der Waals surface area contributed by atoms with Crippen molar-refractivity contribution in [2.24, 2.45) is 0 Å². The molecule has 2 aromatic heterocycles. The van der Waals surface area contributed by atoms with Crippen LogP contribution >= 0.6 is 0 Å². The first-order chi connectivity index (χ1) is 14.2. The maximum atomic E-state index is 12.4. The number of ether oxygens (including phenoxy) is 1. The highest BCUT2D eigenvalue weighted by Crippen LogP contribution is 2.28. The van der Waals surface area contributed by atoms with Gasteiger partial charge in [-0.05, 0) is 29.0 Å². The van der Waals surface area contributed by atoms with Crippen molar-refractivity contribution >= 4 is 38.7 Å². The molecule has 0 spiro atoms. The second-order valence-corrected chi connectivity index (χ2v) is 6.71. The van der Waals surface area contributed by atoms with Crippen LogP contribution in [0.25, 0.3) is 32.7 Å². The molecule has 0 N–H and O–H groups in total. The van der Waals surface area contributed by atoms with E-state index in [1.165, 1.54) is 6.07 Å². The number of fused-ring (bicyclic) bond motifs is 4. The Balaban J connectivity index is 1.45. The zero-order valence-corrected chi connectivity index (χ0v) is 15.3. The fourth-order valence-corrected chi connectivity index (χ4v) is 3.55. The summed E-state index contributed by atoms with van der Waals surface area (Å²) < 4.78 is 16.0. The maximum absolute atomic E-state index is 12.4. The molecule has 6 heteroatoms. The number of carbonyl (C=O) groups excluding carboxylic acids is 1. The summed E-state index contributed by atoms with van der Waals surface area (Å²) in [6, 6.07) is 20.1. The van der Waals surface area contributed by atoms with Crippen LogP contribution in [0.2, 0.25) is 0 Å². The monoisotopic (exact) mass is 385 g/mol. The van der Waals surface area contributed by atoms with Crippen molar-refractivity contribution < 1.29 is 18.5 Å². The van der Waals surface area contributed by atoms with E-state index >= 15 is 0 Å². The first kappa shape index (κ1) is 17.2. The molecule has 6 nitrogen and oxygen atoms in total. The van der Waals surface area contributed by atoms with Crippen molar-refractivity contribution in [2.75, 3.05) is 0 Å². The Hall–Kier alpha value is -3.93. The van der Waals surface area contributed by atoms with E-state index < -0.39 is 11.6 Å². The van der Waals surface area contributed by atoms with Crippen LogP contribution in [0, 0.1) is 0 Å². The van der Waals surface area contributed by atoms with Gasteiger partial charge in [0.15, 0.2) is 5.58 Å². The standard InChI is InChI=1S/C23H15NO5/c25-21(12-18-17-7-3-4-8-19(17)29-24-18)27-13-15-11-22(26)28-20-10-9-14-5-1-2-6-16(14)23(15)20/h1-11H,12-13H2. The van der Waals surface area contributed by atoms with Crippen LogP contribution in [0.4, 0.5) is 0 Å². The summed E-state index contributed by atoms with van der Waals surface area (Å²) in [5, 5.41) is 7.44. The number of hydrogen-bond donors (Lipinski definition) is 0. The van der Waals surface area contributed by atoms with E-state index in [4.69, 9.17) is 13.7 Å². The number of carbonyl (C=O) groups is 1. The highest BCUT2D eigenvalue weighted by atomic mass is 16.5. The molecule has 142 valence electrons. The first-order valence-corrected chi connectivity index (χ1v) is 9.12. The number of esters is 1. The summed E-state index contributed by atoms with van der Waals surface area (Å²) in [7, 11) is 0. The summed E-state index contributed by atoms with van der Waals surface area (Å²) in [5.74, 6) is -0.453. The Morgan fingerprint density at radius 3 is 2.62 bits per heavy atom. The van der Waals surface area contributed by atoms with E-state index in [2.05, 4.69) is 5.16 Å². The number of rotatable bonds is 4. The van der Waals surface area contributed by atoms with Crippen molar-refractivity contribution in [3.05, 3.63) is 88.4 Å². The van der Waals surface area contributed by atoms with E-state index in [1.54, 1.807) is 12.1 Å². The molecule has 2 heterocycles. The van der Waals surface area contributed by atoms with Crippen LogP contribution in [0.3, 0.4) is 0 Å². The Morgan fingerprint density at radius 2 is 1.72 bits per heavy atom. The topological polar surface area (TPSA) is 82.5 Å². The van der Waals surface area contributed by atoms with Crippen LogP contribution in [-0.2, 0) is 22.6 Å². The molecule has 0 unspecified atom stereocenters. The average Bonchev–Trinajstić information content (AvgIpc) is 3.14. The van der Waals surface area contributed by atoms with E-state index in [0.717, 1.165) is 21.5 Å². The van der Waals surface area contributed by atoms with Crippen molar-refractivity contribution in [3.8, 4) is 0 Å². The van der Waals surface area contributed by atoms with Crippen LogP contribution < -0.4 is 5.63 Å². The fraction of sp³-hybridized carbons (Fsp3) is 0.0870. The van der Waals surface area contributed by atoms with Gasteiger partial charge >= 0.3 is 11.6 Å². The average molecular weight is 385 g/mol. The quantitative estimate of drug-likeness (QED) is 0.259. The minimum atomic E-state index is -0.485. The molecule has 0 saturated heterocycles. The van der Waals surface area contributed by atoms with Gasteiger partial charge < -0.3 is 13.7 Å². The third-order valence-electron chi connectivity index (χ3n) is 4.87. The molecule has 5 rings (SSSR count). The molecule has 0 aliphatic carbocycles. The van der Waals surface area contributed by atoms with Crippen molar-refractivity contribution in [1.82, 2.24) is 5.16 Å². The Morgan fingerprint density at radius 1 is 0.931 bits per heavy atom. The molecule has 0 atom stereocenters. The van der Waals surface area contributed by atoms with Gasteiger partial charge in [-0.15, -0.1) is 0 Å². The molecule has 0 aliphatic heterocycles. The van der Waals surface area contributed by atoms with Gasteiger partial charge in [0.05, 0.1) is 6.42 Å². The number of nitrogens with zero attached hydrogens (tertiary/aromatic N) is 1. The van der Waals surface area contributed by atoms with Gasteiger partial charge in [0.25, 0.3) is 0 Å². The van der Waals surface area contributed by atoms with Gasteiger partial charge in [-0.2, -0.15) is 0 Å². The molecule has 0 saturated carbocycles. The van der Waals surface area contributed by atoms with E-state index in [1.807, 2.05) is 48.5 Å². The van der Waals surface area contributed by atoms with E-state index in [0.29, 0.717) is 22.4 Å². The van der Waals surface area contributed by atoms with Crippen molar-refractivity contribution in [3.63, 3.8) is 0 Å². The van der Waals surface area contributed by atoms with Gasteiger partial charge in [0.2, 0.25) is 0 Å². The van der Waals surface area contributed by atoms with Gasteiger partial charge in [-0.3, -0.25) is 4.79 Å². The normalized spacial score (nSPS) is 11.3. The van der Waals surface area contributed by atoms with Crippen molar-refractivity contribution in [2.45, 2.75) is 13.0 Å². The second kappa shape index (κ2) is 6.91.